The van der Waals surface area contributed by atoms with Crippen LogP contribution in [0.4, 0.5) is 0 Å². The summed E-state index contributed by atoms with van der Waals surface area (Å²) in [6, 6.07) is 52.4. The maximum atomic E-state index is 5.33. The molecule has 9 aromatic rings. The van der Waals surface area contributed by atoms with Gasteiger partial charge in [-0.2, -0.15) is 0 Å². The van der Waals surface area contributed by atoms with E-state index in [1.807, 2.05) is 18.2 Å². The van der Waals surface area contributed by atoms with Crippen molar-refractivity contribution in [3.63, 3.8) is 0 Å². The highest BCUT2D eigenvalue weighted by molar-refractivity contribution is 7.03. The third kappa shape index (κ3) is 4.75. The van der Waals surface area contributed by atoms with Gasteiger partial charge in [0.05, 0.1) is 22.2 Å². The topological polar surface area (TPSA) is 35.6 Å². The van der Waals surface area contributed by atoms with E-state index in [2.05, 4.69) is 181 Å². The molecule has 0 radical (unpaired) electrons. The third-order valence-corrected chi connectivity index (χ3v) is 14.6. The molecule has 54 heavy (non-hydrogen) atoms. The lowest BCUT2D eigenvalue weighted by atomic mass is 10.00. The number of rotatable bonds is 6. The van der Waals surface area contributed by atoms with Crippen molar-refractivity contribution in [2.45, 2.75) is 20.0 Å². The molecule has 0 unspecified atom stereocenters. The minimum absolute atomic E-state index is 0.785. The molecule has 6 aromatic carbocycles. The largest absolute Gasteiger partial charge is 0.313 e. The van der Waals surface area contributed by atoms with Crippen molar-refractivity contribution < 1.29 is 0 Å². The third-order valence-electron chi connectivity index (χ3n) is 11.3. The molecule has 0 aliphatic carbocycles. The van der Waals surface area contributed by atoms with Crippen LogP contribution in [-0.2, 0) is 0 Å². The molecule has 10 rings (SSSR count). The van der Waals surface area contributed by atoms with Crippen LogP contribution in [0, 0.1) is 6.92 Å². The number of hydrogen-bond acceptors (Lipinski definition) is 2. The van der Waals surface area contributed by atoms with Crippen LogP contribution < -0.4 is 10.5 Å². The summed E-state index contributed by atoms with van der Waals surface area (Å²) >= 11 is 0. The predicted molar refractivity (Wildman–Crippen MR) is 230 cm³/mol. The molecule has 0 saturated carbocycles. The molecule has 0 atom stereocenters. The Morgan fingerprint density at radius 3 is 2.02 bits per heavy atom. The van der Waals surface area contributed by atoms with Crippen LogP contribution in [0.2, 0.25) is 13.1 Å². The van der Waals surface area contributed by atoms with Crippen molar-refractivity contribution in [2.75, 3.05) is 0 Å². The first-order valence-corrected chi connectivity index (χ1v) is 21.6. The predicted octanol–water partition coefficient (Wildman–Crippen LogP) is 11.2. The molecule has 1 aliphatic rings. The van der Waals surface area contributed by atoms with Crippen LogP contribution >= 0.6 is 0 Å². The number of fused-ring (bicyclic) bond motifs is 7. The summed E-state index contributed by atoms with van der Waals surface area (Å²) in [4.78, 5) is 10.6. The van der Waals surface area contributed by atoms with Gasteiger partial charge >= 0.3 is 0 Å². The fourth-order valence-corrected chi connectivity index (χ4v) is 11.6. The van der Waals surface area contributed by atoms with Gasteiger partial charge in [0.2, 0.25) is 0 Å². The number of aromatic nitrogens is 4. The average molecular weight is 711 g/mol. The van der Waals surface area contributed by atoms with Crippen molar-refractivity contribution >= 4 is 57.4 Å². The highest BCUT2D eigenvalue weighted by Crippen LogP contribution is 2.40. The first kappa shape index (κ1) is 32.1. The molecule has 1 aliphatic heterocycles. The molecule has 258 valence electrons. The summed E-state index contributed by atoms with van der Waals surface area (Å²) in [5, 5.41) is 6.29. The molecule has 0 bridgehead atoms. The second-order valence-corrected chi connectivity index (χ2v) is 19.0. The Morgan fingerprint density at radius 2 is 1.24 bits per heavy atom. The Balaban J connectivity index is 1.19. The van der Waals surface area contributed by atoms with Gasteiger partial charge < -0.3 is 9.13 Å². The average Bonchev–Trinajstić information content (AvgIpc) is 3.77. The fraction of sp³-hybridized carbons (Fsp3) is 0.0612. The Morgan fingerprint density at radius 1 is 0.593 bits per heavy atom. The van der Waals surface area contributed by atoms with Gasteiger partial charge in [0.15, 0.2) is 5.82 Å². The minimum Gasteiger partial charge on any atom is -0.313 e. The van der Waals surface area contributed by atoms with Gasteiger partial charge in [0.25, 0.3) is 0 Å². The Bertz CT molecular complexity index is 2970. The molecule has 0 spiro atoms. The van der Waals surface area contributed by atoms with Gasteiger partial charge in [-0.3, -0.25) is 0 Å². The SMILES string of the molecule is C=C/C=C\c1c(C)n(-c2ccccc2)c2cc3c4ccccc4n(-c4ccc(-c5nc(-c6ccccc6)nc6c5-c5ccccc5[Si]6(C)C)cc4)c3cc12. The van der Waals surface area contributed by atoms with Crippen LogP contribution in [0.3, 0.4) is 0 Å². The van der Waals surface area contributed by atoms with Crippen molar-refractivity contribution in [3.8, 4) is 45.1 Å². The fourth-order valence-electron chi connectivity index (χ4n) is 8.70. The summed E-state index contributed by atoms with van der Waals surface area (Å²) in [6.07, 6.45) is 6.06. The molecule has 4 heterocycles. The summed E-state index contributed by atoms with van der Waals surface area (Å²) < 4.78 is 4.79. The number of allylic oxidation sites excluding steroid dienone is 2. The molecular formula is C49H38N4Si. The number of nitrogens with zero attached hydrogens (tertiary/aromatic N) is 4. The quantitative estimate of drug-likeness (QED) is 0.127. The van der Waals surface area contributed by atoms with Gasteiger partial charge in [-0.05, 0) is 60.1 Å². The zero-order valence-electron chi connectivity index (χ0n) is 30.6. The van der Waals surface area contributed by atoms with Gasteiger partial charge in [-0.1, -0.05) is 141 Å². The number of para-hydroxylation sites is 2. The first-order valence-electron chi connectivity index (χ1n) is 18.6. The second kappa shape index (κ2) is 12.3. The van der Waals surface area contributed by atoms with Gasteiger partial charge in [-0.25, -0.2) is 9.97 Å². The summed E-state index contributed by atoms with van der Waals surface area (Å²) in [6.45, 7) is 11.0. The molecule has 5 heteroatoms. The van der Waals surface area contributed by atoms with Crippen molar-refractivity contribution in [3.05, 3.63) is 176 Å². The zero-order chi connectivity index (χ0) is 36.6. The van der Waals surface area contributed by atoms with Crippen molar-refractivity contribution in [1.29, 1.82) is 0 Å². The standard InChI is InChI=1S/C49H38N4Si/c1-5-6-21-37-32(2)52(35-19-11-8-12-20-35)43-31-41-38-22-13-15-24-42(38)53(44(41)30-40(37)43)36-28-26-33(27-29-36)47-46-39-23-14-16-25-45(39)54(3,4)49(46)51-48(50-47)34-17-9-7-10-18-34/h5-31H,1H2,2-4H3/b21-6-. The molecular weight excluding hydrogens is 673 g/mol. The van der Waals surface area contributed by atoms with E-state index in [9.17, 15) is 0 Å². The van der Waals surface area contributed by atoms with Gasteiger partial charge in [0, 0.05) is 60.8 Å². The monoisotopic (exact) mass is 710 g/mol. The normalized spacial score (nSPS) is 13.2. The van der Waals surface area contributed by atoms with Crippen molar-refractivity contribution in [2.24, 2.45) is 0 Å². The van der Waals surface area contributed by atoms with E-state index in [0.717, 1.165) is 34.0 Å². The van der Waals surface area contributed by atoms with Gasteiger partial charge in [-0.15, -0.1) is 0 Å². The van der Waals surface area contributed by atoms with E-state index in [0.29, 0.717) is 0 Å². The van der Waals surface area contributed by atoms with E-state index in [1.165, 1.54) is 65.6 Å². The van der Waals surface area contributed by atoms with Crippen LogP contribution in [0.5, 0.6) is 0 Å². The molecule has 3 aromatic heterocycles. The lowest BCUT2D eigenvalue weighted by Crippen LogP contribution is -2.50. The molecule has 0 fully saturated rings. The minimum atomic E-state index is -2.05. The van der Waals surface area contributed by atoms with E-state index in [-0.39, 0.29) is 0 Å². The van der Waals surface area contributed by atoms with Crippen LogP contribution in [0.1, 0.15) is 11.3 Å². The van der Waals surface area contributed by atoms with E-state index in [4.69, 9.17) is 9.97 Å². The van der Waals surface area contributed by atoms with E-state index >= 15 is 0 Å². The Hall–Kier alpha value is -6.56. The maximum absolute atomic E-state index is 5.33. The maximum Gasteiger partial charge on any atom is 0.159 e. The number of hydrogen-bond donors (Lipinski definition) is 0. The van der Waals surface area contributed by atoms with Crippen molar-refractivity contribution in [1.82, 2.24) is 19.1 Å². The summed E-state index contributed by atoms with van der Waals surface area (Å²) in [7, 11) is -2.05. The zero-order valence-corrected chi connectivity index (χ0v) is 31.6. The molecule has 0 saturated heterocycles. The molecule has 4 nitrogen and oxygen atoms in total. The highest BCUT2D eigenvalue weighted by Gasteiger charge is 2.41. The van der Waals surface area contributed by atoms with Crippen LogP contribution in [0.15, 0.2) is 164 Å². The van der Waals surface area contributed by atoms with E-state index in [1.54, 1.807) is 0 Å². The van der Waals surface area contributed by atoms with Crippen LogP contribution in [-0.4, -0.2) is 27.2 Å². The Labute approximate surface area is 316 Å². The van der Waals surface area contributed by atoms with Crippen LogP contribution in [0.25, 0.3) is 83.9 Å². The van der Waals surface area contributed by atoms with Gasteiger partial charge in [0.1, 0.15) is 8.07 Å². The lowest BCUT2D eigenvalue weighted by Gasteiger charge is -2.19. The molecule has 0 N–H and O–H groups in total. The highest BCUT2D eigenvalue weighted by atomic mass is 28.3. The summed E-state index contributed by atoms with van der Waals surface area (Å²) in [5.74, 6) is 0.785. The first-order chi connectivity index (χ1) is 26.4. The molecule has 0 amide bonds. The summed E-state index contributed by atoms with van der Waals surface area (Å²) in [5.41, 5.74) is 13.8. The van der Waals surface area contributed by atoms with E-state index < -0.39 is 8.07 Å². The lowest BCUT2D eigenvalue weighted by molar-refractivity contribution is 1.05. The smallest absolute Gasteiger partial charge is 0.159 e. The second-order valence-electron chi connectivity index (χ2n) is 14.7. The Kier molecular flexibility index (Phi) is 7.29. The number of benzene rings is 6.